The van der Waals surface area contributed by atoms with E-state index in [1.165, 1.54) is 32.1 Å². The van der Waals surface area contributed by atoms with Crippen LogP contribution in [0.25, 0.3) is 0 Å². The molecule has 0 aromatic carbocycles. The molecular formula is C14H25NOS. The third kappa shape index (κ3) is 4.01. The van der Waals surface area contributed by atoms with E-state index in [2.05, 4.69) is 18.3 Å². The predicted octanol–water partition coefficient (Wildman–Crippen LogP) is 2.99. The summed E-state index contributed by atoms with van der Waals surface area (Å²) in [5.74, 6) is 2.31. The van der Waals surface area contributed by atoms with E-state index in [9.17, 15) is 0 Å². The third-order valence-electron chi connectivity index (χ3n) is 3.55. The number of rotatable bonds is 5. The van der Waals surface area contributed by atoms with Gasteiger partial charge in [0, 0.05) is 11.5 Å². The van der Waals surface area contributed by atoms with Crippen molar-refractivity contribution in [1.29, 1.82) is 0 Å². The monoisotopic (exact) mass is 255 g/mol. The van der Waals surface area contributed by atoms with Crippen molar-refractivity contribution in [1.82, 2.24) is 5.32 Å². The van der Waals surface area contributed by atoms with Gasteiger partial charge >= 0.3 is 0 Å². The highest BCUT2D eigenvalue weighted by molar-refractivity contribution is 7.99. The number of ether oxygens (including phenoxy) is 1. The molecule has 2 aliphatic rings. The molecule has 0 bridgehead atoms. The molecule has 0 amide bonds. The van der Waals surface area contributed by atoms with Crippen molar-refractivity contribution >= 4 is 11.8 Å². The molecule has 2 unspecified atom stereocenters. The van der Waals surface area contributed by atoms with Gasteiger partial charge in [0.2, 0.25) is 0 Å². The second-order valence-electron chi connectivity index (χ2n) is 4.94. The Bertz CT molecular complexity index is 249. The fraction of sp³-hybridized carbons (Fsp3) is 0.857. The molecule has 1 aliphatic heterocycles. The summed E-state index contributed by atoms with van der Waals surface area (Å²) in [5, 5.41) is 3.70. The maximum atomic E-state index is 5.97. The fourth-order valence-corrected chi connectivity index (χ4v) is 3.55. The lowest BCUT2D eigenvalue weighted by molar-refractivity contribution is 0.0549. The Kier molecular flexibility index (Phi) is 5.89. The van der Waals surface area contributed by atoms with Crippen LogP contribution in [0.2, 0.25) is 0 Å². The summed E-state index contributed by atoms with van der Waals surface area (Å²) < 4.78 is 5.97. The third-order valence-corrected chi connectivity index (χ3v) is 4.57. The van der Waals surface area contributed by atoms with Crippen molar-refractivity contribution in [2.24, 2.45) is 0 Å². The molecule has 1 aliphatic carbocycles. The summed E-state index contributed by atoms with van der Waals surface area (Å²) in [5.41, 5.74) is 1.61. The topological polar surface area (TPSA) is 21.3 Å². The Morgan fingerprint density at radius 2 is 2.47 bits per heavy atom. The Morgan fingerprint density at radius 1 is 1.53 bits per heavy atom. The van der Waals surface area contributed by atoms with Gasteiger partial charge in [-0.15, -0.1) is 0 Å². The van der Waals surface area contributed by atoms with Gasteiger partial charge in [0.05, 0.1) is 18.8 Å². The van der Waals surface area contributed by atoms with Crippen molar-refractivity contribution in [2.45, 2.75) is 51.2 Å². The second kappa shape index (κ2) is 7.45. The summed E-state index contributed by atoms with van der Waals surface area (Å²) >= 11 is 2.04. The van der Waals surface area contributed by atoms with Crippen LogP contribution in [0, 0.1) is 0 Å². The number of nitrogens with one attached hydrogen (secondary N) is 1. The largest absolute Gasteiger partial charge is 0.375 e. The first kappa shape index (κ1) is 13.4. The number of hydrogen-bond acceptors (Lipinski definition) is 3. The molecular weight excluding hydrogens is 230 g/mol. The molecule has 2 rings (SSSR count). The van der Waals surface area contributed by atoms with E-state index in [0.717, 1.165) is 24.7 Å². The molecule has 98 valence electrons. The van der Waals surface area contributed by atoms with Gasteiger partial charge in [0.1, 0.15) is 0 Å². The first-order valence-electron chi connectivity index (χ1n) is 7.03. The van der Waals surface area contributed by atoms with Crippen LogP contribution in [-0.2, 0) is 4.74 Å². The Morgan fingerprint density at radius 3 is 3.12 bits per heavy atom. The van der Waals surface area contributed by atoms with Crippen molar-refractivity contribution < 1.29 is 4.74 Å². The zero-order chi connectivity index (χ0) is 11.9. The van der Waals surface area contributed by atoms with Gasteiger partial charge in [-0.3, -0.25) is 0 Å². The van der Waals surface area contributed by atoms with Gasteiger partial charge in [-0.05, 0) is 38.6 Å². The van der Waals surface area contributed by atoms with Crippen LogP contribution in [0.5, 0.6) is 0 Å². The minimum Gasteiger partial charge on any atom is -0.375 e. The van der Waals surface area contributed by atoms with Crippen molar-refractivity contribution in [2.75, 3.05) is 24.7 Å². The summed E-state index contributed by atoms with van der Waals surface area (Å²) in [7, 11) is 0. The molecule has 2 nitrogen and oxygen atoms in total. The summed E-state index contributed by atoms with van der Waals surface area (Å²) in [6.45, 7) is 4.26. The van der Waals surface area contributed by atoms with Crippen LogP contribution >= 0.6 is 11.8 Å². The van der Waals surface area contributed by atoms with Gasteiger partial charge in [-0.2, -0.15) is 11.8 Å². The van der Waals surface area contributed by atoms with Crippen LogP contribution in [0.4, 0.5) is 0 Å². The number of allylic oxidation sites excluding steroid dienone is 1. The maximum absolute atomic E-state index is 5.97. The van der Waals surface area contributed by atoms with Crippen LogP contribution in [0.1, 0.15) is 39.0 Å². The molecule has 0 saturated carbocycles. The highest BCUT2D eigenvalue weighted by Gasteiger charge is 2.27. The lowest BCUT2D eigenvalue weighted by atomic mass is 9.91. The van der Waals surface area contributed by atoms with Crippen molar-refractivity contribution in [3.05, 3.63) is 11.6 Å². The molecule has 1 fully saturated rings. The molecule has 1 saturated heterocycles. The zero-order valence-electron chi connectivity index (χ0n) is 10.9. The minimum atomic E-state index is 0.393. The predicted molar refractivity (Wildman–Crippen MR) is 75.7 cm³/mol. The smallest absolute Gasteiger partial charge is 0.0857 e. The van der Waals surface area contributed by atoms with E-state index < -0.39 is 0 Å². The van der Waals surface area contributed by atoms with E-state index >= 15 is 0 Å². The normalized spacial score (nSPS) is 27.6. The standard InChI is InChI=1S/C14H25NOS/c1-2-8-15-14(12-6-4-3-5-7-12)13-11-17-10-9-16-13/h6,13-15H,2-5,7-11H2,1H3. The zero-order valence-corrected chi connectivity index (χ0v) is 11.7. The van der Waals surface area contributed by atoms with E-state index in [4.69, 9.17) is 4.74 Å². The highest BCUT2D eigenvalue weighted by Crippen LogP contribution is 2.26. The SMILES string of the molecule is CCCNC(C1=CCCCC1)C1CSCCO1. The summed E-state index contributed by atoms with van der Waals surface area (Å²) in [4.78, 5) is 0. The molecule has 0 spiro atoms. The molecule has 0 aromatic heterocycles. The van der Waals surface area contributed by atoms with Crippen LogP contribution in [0.3, 0.4) is 0 Å². The van der Waals surface area contributed by atoms with Gasteiger partial charge in [-0.1, -0.05) is 18.6 Å². The molecule has 0 radical (unpaired) electrons. The van der Waals surface area contributed by atoms with Crippen LogP contribution in [-0.4, -0.2) is 36.8 Å². The first-order valence-corrected chi connectivity index (χ1v) is 8.19. The van der Waals surface area contributed by atoms with Gasteiger partial charge < -0.3 is 10.1 Å². The van der Waals surface area contributed by atoms with Gasteiger partial charge in [0.25, 0.3) is 0 Å². The molecule has 1 heterocycles. The highest BCUT2D eigenvalue weighted by atomic mass is 32.2. The van der Waals surface area contributed by atoms with E-state index in [-0.39, 0.29) is 0 Å². The van der Waals surface area contributed by atoms with E-state index in [1.54, 1.807) is 5.57 Å². The molecule has 2 atom stereocenters. The molecule has 0 aromatic rings. The quantitative estimate of drug-likeness (QED) is 0.763. The van der Waals surface area contributed by atoms with Gasteiger partial charge in [0.15, 0.2) is 0 Å². The lowest BCUT2D eigenvalue weighted by Gasteiger charge is -2.33. The van der Waals surface area contributed by atoms with E-state index in [1.807, 2.05) is 11.8 Å². The Balaban J connectivity index is 1.97. The number of thioether (sulfide) groups is 1. The van der Waals surface area contributed by atoms with Crippen LogP contribution in [0.15, 0.2) is 11.6 Å². The maximum Gasteiger partial charge on any atom is 0.0857 e. The van der Waals surface area contributed by atoms with Crippen LogP contribution < -0.4 is 5.32 Å². The van der Waals surface area contributed by atoms with Gasteiger partial charge in [-0.25, -0.2) is 0 Å². The van der Waals surface area contributed by atoms with E-state index in [0.29, 0.717) is 12.1 Å². The minimum absolute atomic E-state index is 0.393. The van der Waals surface area contributed by atoms with Crippen molar-refractivity contribution in [3.8, 4) is 0 Å². The molecule has 17 heavy (non-hydrogen) atoms. The fourth-order valence-electron chi connectivity index (χ4n) is 2.65. The average molecular weight is 255 g/mol. The second-order valence-corrected chi connectivity index (χ2v) is 6.09. The first-order chi connectivity index (χ1) is 8.42. The Hall–Kier alpha value is 0.01000. The van der Waals surface area contributed by atoms with Crippen molar-refractivity contribution in [3.63, 3.8) is 0 Å². The molecule has 1 N–H and O–H groups in total. The number of hydrogen-bond donors (Lipinski definition) is 1. The average Bonchev–Trinajstić information content (AvgIpc) is 2.42. The summed E-state index contributed by atoms with van der Waals surface area (Å²) in [6.07, 6.45) is 9.30. The summed E-state index contributed by atoms with van der Waals surface area (Å²) in [6, 6.07) is 0.475. The Labute approximate surface area is 110 Å². The lowest BCUT2D eigenvalue weighted by Crippen LogP contribution is -2.46. The molecule has 3 heteroatoms.